The van der Waals surface area contributed by atoms with Crippen molar-refractivity contribution in [2.75, 3.05) is 47.4 Å². The van der Waals surface area contributed by atoms with Crippen LogP contribution in [0.25, 0.3) is 0 Å². The zero-order valence-corrected chi connectivity index (χ0v) is 15.5. The van der Waals surface area contributed by atoms with E-state index in [1.807, 2.05) is 7.05 Å². The van der Waals surface area contributed by atoms with Gasteiger partial charge in [0.25, 0.3) is 0 Å². The molecule has 0 bridgehead atoms. The predicted octanol–water partition coefficient (Wildman–Crippen LogP) is 2.09. The highest BCUT2D eigenvalue weighted by atomic mass is 16.5. The Balaban J connectivity index is 1.82. The molecule has 2 fully saturated rings. The van der Waals surface area contributed by atoms with Crippen molar-refractivity contribution in [3.8, 4) is 0 Å². The van der Waals surface area contributed by atoms with E-state index in [9.17, 15) is 0 Å². The molecule has 5 nitrogen and oxygen atoms in total. The highest BCUT2D eigenvalue weighted by molar-refractivity contribution is 5.79. The van der Waals surface area contributed by atoms with E-state index < -0.39 is 0 Å². The van der Waals surface area contributed by atoms with E-state index in [2.05, 4.69) is 41.5 Å². The Kier molecular flexibility index (Phi) is 7.15. The lowest BCUT2D eigenvalue weighted by Crippen LogP contribution is -2.56. The first-order valence-electron chi connectivity index (χ1n) is 9.25. The normalized spacial score (nSPS) is 30.5. The average molecular weight is 325 g/mol. The quantitative estimate of drug-likeness (QED) is 0.600. The molecule has 1 saturated carbocycles. The van der Waals surface area contributed by atoms with Crippen molar-refractivity contribution in [3.05, 3.63) is 0 Å². The van der Waals surface area contributed by atoms with Gasteiger partial charge in [0, 0.05) is 38.9 Å². The maximum absolute atomic E-state index is 5.43. The fourth-order valence-corrected chi connectivity index (χ4v) is 4.02. The number of likely N-dealkylation sites (N-methyl/N-ethyl adjacent to an activating group) is 1. The van der Waals surface area contributed by atoms with E-state index in [-0.39, 0.29) is 5.54 Å². The van der Waals surface area contributed by atoms with Crippen LogP contribution in [0.3, 0.4) is 0 Å². The second-order valence-corrected chi connectivity index (χ2v) is 7.68. The standard InChI is InChI=1S/C18H36N4O/c1-15-6-5-9-18(12-15,22(3)4)14-21-17(19-2)20-13-16-7-10-23-11-8-16/h15-16H,5-14H2,1-4H3,(H2,19,20,21). The number of hydrogen-bond acceptors (Lipinski definition) is 3. The van der Waals surface area contributed by atoms with E-state index >= 15 is 0 Å². The molecule has 2 aliphatic rings. The van der Waals surface area contributed by atoms with Gasteiger partial charge >= 0.3 is 0 Å². The Morgan fingerprint density at radius 1 is 1.22 bits per heavy atom. The van der Waals surface area contributed by atoms with Crippen LogP contribution in [0.1, 0.15) is 45.4 Å². The van der Waals surface area contributed by atoms with Crippen LogP contribution < -0.4 is 10.6 Å². The second-order valence-electron chi connectivity index (χ2n) is 7.68. The first kappa shape index (κ1) is 18.5. The molecule has 0 radical (unpaired) electrons. The van der Waals surface area contributed by atoms with Gasteiger partial charge in [-0.1, -0.05) is 19.8 Å². The zero-order valence-electron chi connectivity index (χ0n) is 15.5. The third-order valence-corrected chi connectivity index (χ3v) is 5.72. The van der Waals surface area contributed by atoms with Gasteiger partial charge in [-0.15, -0.1) is 0 Å². The highest BCUT2D eigenvalue weighted by Crippen LogP contribution is 2.35. The molecule has 2 unspecified atom stereocenters. The van der Waals surface area contributed by atoms with Crippen molar-refractivity contribution in [2.24, 2.45) is 16.8 Å². The highest BCUT2D eigenvalue weighted by Gasteiger charge is 2.36. The van der Waals surface area contributed by atoms with Gasteiger partial charge in [0.05, 0.1) is 0 Å². The van der Waals surface area contributed by atoms with Gasteiger partial charge in [-0.3, -0.25) is 4.99 Å². The second kappa shape index (κ2) is 8.88. The van der Waals surface area contributed by atoms with E-state index in [0.717, 1.165) is 51.0 Å². The molecule has 1 aliphatic heterocycles. The number of aliphatic imine (C=N–C) groups is 1. The number of hydrogen-bond donors (Lipinski definition) is 2. The van der Waals surface area contributed by atoms with E-state index in [4.69, 9.17) is 4.74 Å². The molecule has 0 aromatic rings. The Bertz CT molecular complexity index is 379. The topological polar surface area (TPSA) is 48.9 Å². The molecule has 23 heavy (non-hydrogen) atoms. The van der Waals surface area contributed by atoms with E-state index in [0.29, 0.717) is 5.92 Å². The number of guanidine groups is 1. The number of nitrogens with one attached hydrogen (secondary N) is 2. The smallest absolute Gasteiger partial charge is 0.191 e. The molecule has 2 atom stereocenters. The minimum absolute atomic E-state index is 0.258. The maximum Gasteiger partial charge on any atom is 0.191 e. The van der Waals surface area contributed by atoms with Gasteiger partial charge in [-0.2, -0.15) is 0 Å². The Labute approximate surface area is 142 Å². The van der Waals surface area contributed by atoms with Crippen molar-refractivity contribution in [1.29, 1.82) is 0 Å². The summed E-state index contributed by atoms with van der Waals surface area (Å²) in [6, 6.07) is 0. The van der Waals surface area contributed by atoms with E-state index in [1.54, 1.807) is 0 Å². The lowest BCUT2D eigenvalue weighted by Gasteiger charge is -2.45. The van der Waals surface area contributed by atoms with Crippen molar-refractivity contribution in [1.82, 2.24) is 15.5 Å². The fourth-order valence-electron chi connectivity index (χ4n) is 4.02. The van der Waals surface area contributed by atoms with Crippen LogP contribution in [-0.2, 0) is 4.74 Å². The molecule has 1 aliphatic carbocycles. The number of ether oxygens (including phenoxy) is 1. The van der Waals surface area contributed by atoms with Gasteiger partial charge in [0.1, 0.15) is 0 Å². The third kappa shape index (κ3) is 5.35. The van der Waals surface area contributed by atoms with Gasteiger partial charge in [0.15, 0.2) is 5.96 Å². The summed E-state index contributed by atoms with van der Waals surface area (Å²) in [5, 5.41) is 7.10. The first-order valence-corrected chi connectivity index (χ1v) is 9.25. The van der Waals surface area contributed by atoms with Crippen molar-refractivity contribution < 1.29 is 4.74 Å². The molecule has 134 valence electrons. The first-order chi connectivity index (χ1) is 11.1. The van der Waals surface area contributed by atoms with Crippen LogP contribution in [0.4, 0.5) is 0 Å². The molecular weight excluding hydrogens is 288 g/mol. The lowest BCUT2D eigenvalue weighted by molar-refractivity contribution is 0.0673. The fraction of sp³-hybridized carbons (Fsp3) is 0.944. The molecule has 5 heteroatoms. The van der Waals surface area contributed by atoms with Crippen LogP contribution in [0.15, 0.2) is 4.99 Å². The van der Waals surface area contributed by atoms with Crippen LogP contribution in [-0.4, -0.2) is 63.8 Å². The van der Waals surface area contributed by atoms with Gasteiger partial charge in [-0.25, -0.2) is 0 Å². The molecule has 1 saturated heterocycles. The van der Waals surface area contributed by atoms with Crippen LogP contribution in [0.2, 0.25) is 0 Å². The molecule has 0 spiro atoms. The molecule has 0 aromatic heterocycles. The average Bonchev–Trinajstić information content (AvgIpc) is 2.56. The Morgan fingerprint density at radius 3 is 2.57 bits per heavy atom. The SMILES string of the molecule is CN=C(NCC1CCOCC1)NCC1(N(C)C)CCCC(C)C1. The minimum atomic E-state index is 0.258. The predicted molar refractivity (Wildman–Crippen MR) is 97.0 cm³/mol. The summed E-state index contributed by atoms with van der Waals surface area (Å²) < 4.78 is 5.43. The summed E-state index contributed by atoms with van der Waals surface area (Å²) in [6.45, 7) is 6.15. The van der Waals surface area contributed by atoms with Crippen LogP contribution in [0, 0.1) is 11.8 Å². The molecule has 2 N–H and O–H groups in total. The van der Waals surface area contributed by atoms with Crippen LogP contribution >= 0.6 is 0 Å². The summed E-state index contributed by atoms with van der Waals surface area (Å²) in [5.41, 5.74) is 0.258. The molecular formula is C18H36N4O. The lowest BCUT2D eigenvalue weighted by atomic mass is 9.75. The summed E-state index contributed by atoms with van der Waals surface area (Å²) in [4.78, 5) is 6.83. The maximum atomic E-state index is 5.43. The summed E-state index contributed by atoms with van der Waals surface area (Å²) in [7, 11) is 6.31. The largest absolute Gasteiger partial charge is 0.381 e. The van der Waals surface area contributed by atoms with Gasteiger partial charge < -0.3 is 20.3 Å². The third-order valence-electron chi connectivity index (χ3n) is 5.72. The molecule has 0 amide bonds. The Morgan fingerprint density at radius 2 is 1.96 bits per heavy atom. The zero-order chi connectivity index (χ0) is 16.7. The Hall–Kier alpha value is -0.810. The molecule has 1 heterocycles. The minimum Gasteiger partial charge on any atom is -0.381 e. The van der Waals surface area contributed by atoms with Gasteiger partial charge in [-0.05, 0) is 51.6 Å². The van der Waals surface area contributed by atoms with E-state index in [1.165, 1.54) is 25.7 Å². The summed E-state index contributed by atoms with van der Waals surface area (Å²) >= 11 is 0. The summed E-state index contributed by atoms with van der Waals surface area (Å²) in [5.74, 6) is 2.46. The molecule has 0 aromatic carbocycles. The van der Waals surface area contributed by atoms with Crippen molar-refractivity contribution >= 4 is 5.96 Å². The van der Waals surface area contributed by atoms with Crippen molar-refractivity contribution in [3.63, 3.8) is 0 Å². The van der Waals surface area contributed by atoms with Gasteiger partial charge in [0.2, 0.25) is 0 Å². The number of nitrogens with zero attached hydrogens (tertiary/aromatic N) is 2. The summed E-state index contributed by atoms with van der Waals surface area (Å²) in [6.07, 6.45) is 7.55. The monoisotopic (exact) mass is 324 g/mol. The number of rotatable bonds is 5. The molecule has 2 rings (SSSR count). The van der Waals surface area contributed by atoms with Crippen LogP contribution in [0.5, 0.6) is 0 Å². The van der Waals surface area contributed by atoms with Crippen molar-refractivity contribution in [2.45, 2.75) is 51.0 Å².